The van der Waals surface area contributed by atoms with Crippen LogP contribution in [0.4, 0.5) is 0 Å². The van der Waals surface area contributed by atoms with E-state index in [1.165, 1.54) is 0 Å². The first-order valence-electron chi connectivity index (χ1n) is 4.80. The van der Waals surface area contributed by atoms with Gasteiger partial charge in [-0.15, -0.1) is 0 Å². The van der Waals surface area contributed by atoms with Gasteiger partial charge in [-0.25, -0.2) is 0 Å². The number of hydrogen-bond acceptors (Lipinski definition) is 1. The quantitative estimate of drug-likeness (QED) is 0.542. The summed E-state index contributed by atoms with van der Waals surface area (Å²) >= 11 is 0. The van der Waals surface area contributed by atoms with E-state index in [-0.39, 0.29) is 22.2 Å². The van der Waals surface area contributed by atoms with Crippen LogP contribution in [0.3, 0.4) is 0 Å². The molecule has 3 atom stereocenters. The molecule has 12 heavy (non-hydrogen) atoms. The van der Waals surface area contributed by atoms with Crippen LogP contribution in [-0.4, -0.2) is 19.1 Å². The number of aliphatic hydroxyl groups is 1. The van der Waals surface area contributed by atoms with Gasteiger partial charge in [0.15, 0.2) is 0 Å². The Balaban J connectivity index is 2.49. The Bertz CT molecular complexity index is 223. The fraction of sp³-hybridized carbons (Fsp3) is 1.00. The first kappa shape index (κ1) is 8.62. The molecule has 1 N–H and O–H groups in total. The molecule has 2 rings (SSSR count). The molecular formula is C10H17BO. The zero-order valence-electron chi connectivity index (χ0n) is 8.22. The largest absolute Gasteiger partial charge is 0.393 e. The maximum atomic E-state index is 9.90. The molecule has 2 radical (unpaired) electrons. The van der Waals surface area contributed by atoms with Crippen LogP contribution >= 0.6 is 0 Å². The Kier molecular flexibility index (Phi) is 1.38. The maximum absolute atomic E-state index is 9.90. The van der Waals surface area contributed by atoms with E-state index in [2.05, 4.69) is 20.8 Å². The summed E-state index contributed by atoms with van der Waals surface area (Å²) in [6.45, 7) is 6.59. The Morgan fingerprint density at radius 1 is 1.25 bits per heavy atom. The highest BCUT2D eigenvalue weighted by Gasteiger charge is 2.66. The molecular weight excluding hydrogens is 147 g/mol. The van der Waals surface area contributed by atoms with Crippen molar-refractivity contribution in [3.63, 3.8) is 0 Å². The van der Waals surface area contributed by atoms with Crippen LogP contribution in [0.2, 0.25) is 5.31 Å². The highest BCUT2D eigenvalue weighted by molar-refractivity contribution is 6.16. The third kappa shape index (κ3) is 0.629. The smallest absolute Gasteiger partial charge is 0.0755 e. The summed E-state index contributed by atoms with van der Waals surface area (Å²) in [7, 11) is 6.29. The average molecular weight is 164 g/mol. The van der Waals surface area contributed by atoms with Crippen LogP contribution in [0, 0.1) is 10.8 Å². The van der Waals surface area contributed by atoms with Crippen LogP contribution in [0.15, 0.2) is 0 Å². The molecule has 0 aliphatic heterocycles. The zero-order chi connectivity index (χ0) is 9.20. The van der Waals surface area contributed by atoms with Gasteiger partial charge in [0, 0.05) is 0 Å². The Morgan fingerprint density at radius 3 is 2.00 bits per heavy atom. The molecule has 0 aromatic rings. The van der Waals surface area contributed by atoms with Crippen molar-refractivity contribution in [1.82, 2.24) is 0 Å². The third-order valence-corrected chi connectivity index (χ3v) is 5.06. The minimum absolute atomic E-state index is 0.0573. The van der Waals surface area contributed by atoms with E-state index in [1.807, 2.05) is 0 Å². The zero-order valence-corrected chi connectivity index (χ0v) is 8.22. The number of aliphatic hydroxyl groups excluding tert-OH is 1. The topological polar surface area (TPSA) is 20.2 Å². The fourth-order valence-electron chi connectivity index (χ4n) is 3.19. The van der Waals surface area contributed by atoms with Crippen molar-refractivity contribution < 1.29 is 5.11 Å². The Hall–Kier alpha value is 0.0249. The van der Waals surface area contributed by atoms with E-state index >= 15 is 0 Å². The lowest BCUT2D eigenvalue weighted by Crippen LogP contribution is -2.35. The predicted molar refractivity (Wildman–Crippen MR) is 50.2 cm³/mol. The van der Waals surface area contributed by atoms with E-state index in [0.29, 0.717) is 0 Å². The van der Waals surface area contributed by atoms with E-state index in [4.69, 9.17) is 7.85 Å². The standard InChI is InChI=1S/C10H17BO/c1-8(2)9(3)4-5-10(8,11)6-7(9)12/h7,12H,4-6H2,1-3H3. The monoisotopic (exact) mass is 164 g/mol. The summed E-state index contributed by atoms with van der Waals surface area (Å²) in [6.07, 6.45) is 2.76. The summed E-state index contributed by atoms with van der Waals surface area (Å²) < 4.78 is 0. The summed E-state index contributed by atoms with van der Waals surface area (Å²) in [4.78, 5) is 0. The van der Waals surface area contributed by atoms with Gasteiger partial charge in [-0.2, -0.15) is 0 Å². The predicted octanol–water partition coefficient (Wildman–Crippen LogP) is 1.90. The molecule has 0 saturated heterocycles. The SMILES string of the molecule is [B]C12CCC(C)(C(O)C1)C2(C)C. The molecule has 2 heteroatoms. The molecule has 3 unspecified atom stereocenters. The molecule has 0 aromatic carbocycles. The number of rotatable bonds is 0. The molecule has 0 heterocycles. The lowest BCUT2D eigenvalue weighted by molar-refractivity contribution is 0.0127. The van der Waals surface area contributed by atoms with Crippen LogP contribution in [0.1, 0.15) is 40.0 Å². The molecule has 2 fully saturated rings. The molecule has 0 aromatic heterocycles. The molecule has 2 bridgehead atoms. The van der Waals surface area contributed by atoms with Gasteiger partial charge < -0.3 is 5.11 Å². The Morgan fingerprint density at radius 2 is 1.83 bits per heavy atom. The van der Waals surface area contributed by atoms with Crippen LogP contribution in [0.5, 0.6) is 0 Å². The average Bonchev–Trinajstić information content (AvgIpc) is 2.18. The minimum Gasteiger partial charge on any atom is -0.393 e. The van der Waals surface area contributed by atoms with Crippen LogP contribution in [-0.2, 0) is 0 Å². The van der Waals surface area contributed by atoms with Crippen molar-refractivity contribution in [2.45, 2.75) is 51.5 Å². The van der Waals surface area contributed by atoms with E-state index in [9.17, 15) is 5.11 Å². The molecule has 66 valence electrons. The lowest BCUT2D eigenvalue weighted by atomic mass is 9.55. The second kappa shape index (κ2) is 1.92. The lowest BCUT2D eigenvalue weighted by Gasteiger charge is -2.39. The number of hydrogen-bond donors (Lipinski definition) is 1. The molecule has 0 amide bonds. The van der Waals surface area contributed by atoms with Gasteiger partial charge in [0.2, 0.25) is 0 Å². The number of fused-ring (bicyclic) bond motifs is 2. The van der Waals surface area contributed by atoms with Crippen molar-refractivity contribution in [2.75, 3.05) is 0 Å². The third-order valence-electron chi connectivity index (χ3n) is 5.06. The summed E-state index contributed by atoms with van der Waals surface area (Å²) in [5.74, 6) is 0. The van der Waals surface area contributed by atoms with Crippen LogP contribution in [0.25, 0.3) is 0 Å². The first-order chi connectivity index (χ1) is 5.33. The van der Waals surface area contributed by atoms with Crippen molar-refractivity contribution in [2.24, 2.45) is 10.8 Å². The molecule has 0 spiro atoms. The molecule has 2 aliphatic rings. The maximum Gasteiger partial charge on any atom is 0.0755 e. The van der Waals surface area contributed by atoms with E-state index in [1.54, 1.807) is 0 Å². The van der Waals surface area contributed by atoms with Gasteiger partial charge >= 0.3 is 0 Å². The van der Waals surface area contributed by atoms with Crippen molar-refractivity contribution in [1.29, 1.82) is 0 Å². The van der Waals surface area contributed by atoms with Gasteiger partial charge in [0.1, 0.15) is 0 Å². The molecule has 2 aliphatic carbocycles. The van der Waals surface area contributed by atoms with Gasteiger partial charge in [-0.3, -0.25) is 0 Å². The summed E-state index contributed by atoms with van der Waals surface area (Å²) in [5.41, 5.74) is 0.154. The van der Waals surface area contributed by atoms with Gasteiger partial charge in [0.05, 0.1) is 14.0 Å². The van der Waals surface area contributed by atoms with E-state index in [0.717, 1.165) is 19.3 Å². The van der Waals surface area contributed by atoms with Gasteiger partial charge in [-0.1, -0.05) is 32.5 Å². The van der Waals surface area contributed by atoms with Crippen molar-refractivity contribution in [3.05, 3.63) is 0 Å². The first-order valence-corrected chi connectivity index (χ1v) is 4.80. The molecule has 1 nitrogen and oxygen atoms in total. The van der Waals surface area contributed by atoms with Crippen molar-refractivity contribution >= 4 is 7.85 Å². The highest BCUT2D eigenvalue weighted by Crippen LogP contribution is 2.74. The second-order valence-corrected chi connectivity index (χ2v) is 5.42. The fourth-order valence-corrected chi connectivity index (χ4v) is 3.19. The van der Waals surface area contributed by atoms with Crippen LogP contribution < -0.4 is 0 Å². The highest BCUT2D eigenvalue weighted by atomic mass is 16.3. The second-order valence-electron chi connectivity index (χ2n) is 5.42. The van der Waals surface area contributed by atoms with Gasteiger partial charge in [0.25, 0.3) is 0 Å². The summed E-state index contributed by atoms with van der Waals surface area (Å²) in [5, 5.41) is 9.79. The van der Waals surface area contributed by atoms with Gasteiger partial charge in [-0.05, 0) is 23.7 Å². The minimum atomic E-state index is -0.189. The van der Waals surface area contributed by atoms with Crippen molar-refractivity contribution in [3.8, 4) is 0 Å². The molecule has 2 saturated carbocycles. The normalized spacial score (nSPS) is 56.2. The Labute approximate surface area is 76.0 Å². The summed E-state index contributed by atoms with van der Waals surface area (Å²) in [6, 6.07) is 0. The van der Waals surface area contributed by atoms with E-state index < -0.39 is 0 Å².